The third kappa shape index (κ3) is 6.20. The molecule has 0 spiro atoms. The molecule has 1 aliphatic heterocycles. The zero-order valence-electron chi connectivity index (χ0n) is 18.7. The molecule has 0 saturated heterocycles. The van der Waals surface area contributed by atoms with Gasteiger partial charge >= 0.3 is 0 Å². The maximum atomic E-state index is 13.4. The average Bonchev–Trinajstić information content (AvgIpc) is 2.69. The van der Waals surface area contributed by atoms with E-state index in [0.29, 0.717) is 5.56 Å². The lowest BCUT2D eigenvalue weighted by molar-refractivity contribution is 0.0905. The summed E-state index contributed by atoms with van der Waals surface area (Å²) in [6.07, 6.45) is 2.15. The molecule has 1 heterocycles. The number of benzene rings is 1. The van der Waals surface area contributed by atoms with Gasteiger partial charge in [0.1, 0.15) is 16.7 Å². The number of rotatable bonds is 6. The quantitative estimate of drug-likeness (QED) is 0.629. The Labute approximate surface area is 186 Å². The third-order valence-electron chi connectivity index (χ3n) is 5.28. The van der Waals surface area contributed by atoms with Gasteiger partial charge < -0.3 is 9.84 Å². The van der Waals surface area contributed by atoms with E-state index in [1.165, 1.54) is 21.7 Å². The number of hydrogen-bond acceptors (Lipinski definition) is 6. The molecule has 1 aliphatic rings. The van der Waals surface area contributed by atoms with Gasteiger partial charge in [-0.3, -0.25) is 0 Å². The van der Waals surface area contributed by atoms with Crippen molar-refractivity contribution in [3.8, 4) is 17.6 Å². The summed E-state index contributed by atoms with van der Waals surface area (Å²) >= 11 is 0. The van der Waals surface area contributed by atoms with Crippen LogP contribution in [-0.4, -0.2) is 75.7 Å². The van der Waals surface area contributed by atoms with Crippen LogP contribution in [0.1, 0.15) is 39.2 Å². The van der Waals surface area contributed by atoms with Crippen LogP contribution in [0.2, 0.25) is 0 Å². The van der Waals surface area contributed by atoms with Crippen LogP contribution in [-0.2, 0) is 20.0 Å². The Morgan fingerprint density at radius 3 is 2.65 bits per heavy atom. The molecule has 8 nitrogen and oxygen atoms in total. The molecule has 0 aliphatic carbocycles. The van der Waals surface area contributed by atoms with Crippen molar-refractivity contribution in [1.82, 2.24) is 8.61 Å². The van der Waals surface area contributed by atoms with Crippen molar-refractivity contribution in [3.63, 3.8) is 0 Å². The van der Waals surface area contributed by atoms with E-state index < -0.39 is 32.2 Å². The molecule has 0 bridgehead atoms. The Morgan fingerprint density at radius 2 is 2.06 bits per heavy atom. The second-order valence-corrected chi connectivity index (χ2v) is 11.9. The highest BCUT2D eigenvalue weighted by Gasteiger charge is 2.38. The van der Waals surface area contributed by atoms with Gasteiger partial charge in [0, 0.05) is 37.5 Å². The van der Waals surface area contributed by atoms with Crippen molar-refractivity contribution in [2.75, 3.05) is 33.0 Å². The zero-order chi connectivity index (χ0) is 23.4. The number of nitrogens with zero attached hydrogens (tertiary/aromatic N) is 2. The van der Waals surface area contributed by atoms with E-state index >= 15 is 0 Å². The maximum absolute atomic E-state index is 13.4. The number of sulfonamides is 2. The van der Waals surface area contributed by atoms with Crippen LogP contribution >= 0.6 is 0 Å². The summed E-state index contributed by atoms with van der Waals surface area (Å²) in [5.74, 6) is 5.84. The Hall–Kier alpha value is -1.64. The standard InChI is InChI=1S/C21H32N2O6S2/c1-6-7-8-9-18-10-11-21-19(12-18)29-20(14-22(4)30(5,25)26)16(2)13-23(17(3)15-24)31(21,27)28/h10-12,16-17,20,24H,6-7,13-15H2,1-5H3/t16-,17-,20+/m1/s1. The van der Waals surface area contributed by atoms with Crippen molar-refractivity contribution >= 4 is 20.0 Å². The minimum absolute atomic E-state index is 0.0206. The van der Waals surface area contributed by atoms with Crippen LogP contribution in [0.25, 0.3) is 0 Å². The van der Waals surface area contributed by atoms with Gasteiger partial charge in [0.15, 0.2) is 0 Å². The first-order valence-corrected chi connectivity index (χ1v) is 13.5. The summed E-state index contributed by atoms with van der Waals surface area (Å²) in [5.41, 5.74) is 0.618. The van der Waals surface area contributed by atoms with Gasteiger partial charge in [0.05, 0.1) is 19.4 Å². The first kappa shape index (κ1) is 25.6. The second kappa shape index (κ2) is 10.3. The van der Waals surface area contributed by atoms with E-state index in [4.69, 9.17) is 4.74 Å². The number of likely N-dealkylation sites (N-methyl/N-ethyl adjacent to an activating group) is 1. The Balaban J connectivity index is 2.59. The molecule has 0 amide bonds. The van der Waals surface area contributed by atoms with E-state index in [0.717, 1.165) is 19.1 Å². The highest BCUT2D eigenvalue weighted by molar-refractivity contribution is 7.89. The number of hydrogen-bond donors (Lipinski definition) is 1. The second-order valence-electron chi connectivity index (χ2n) is 8.00. The van der Waals surface area contributed by atoms with Gasteiger partial charge in [0.2, 0.25) is 20.0 Å². The normalized spacial score (nSPS) is 22.4. The minimum Gasteiger partial charge on any atom is -0.487 e. The lowest BCUT2D eigenvalue weighted by atomic mass is 10.0. The molecule has 174 valence electrons. The fraction of sp³-hybridized carbons (Fsp3) is 0.619. The van der Waals surface area contributed by atoms with Gasteiger partial charge in [-0.15, -0.1) is 0 Å². The lowest BCUT2D eigenvalue weighted by Gasteiger charge is -2.37. The average molecular weight is 473 g/mol. The van der Waals surface area contributed by atoms with E-state index in [1.54, 1.807) is 19.1 Å². The Bertz CT molecular complexity index is 1040. The van der Waals surface area contributed by atoms with Gasteiger partial charge in [-0.1, -0.05) is 25.7 Å². The fourth-order valence-electron chi connectivity index (χ4n) is 3.20. The molecular formula is C21H32N2O6S2. The van der Waals surface area contributed by atoms with Crippen molar-refractivity contribution in [1.29, 1.82) is 0 Å². The van der Waals surface area contributed by atoms with Crippen LogP contribution in [0.3, 0.4) is 0 Å². The zero-order valence-corrected chi connectivity index (χ0v) is 20.3. The van der Waals surface area contributed by atoms with E-state index in [1.807, 2.05) is 13.8 Å². The summed E-state index contributed by atoms with van der Waals surface area (Å²) in [5, 5.41) is 9.66. The maximum Gasteiger partial charge on any atom is 0.247 e. The molecule has 31 heavy (non-hydrogen) atoms. The summed E-state index contributed by atoms with van der Waals surface area (Å²) in [4.78, 5) is -0.0206. The smallest absolute Gasteiger partial charge is 0.247 e. The highest BCUT2D eigenvalue weighted by Crippen LogP contribution is 2.34. The molecule has 1 N–H and O–H groups in total. The van der Waals surface area contributed by atoms with Gasteiger partial charge in [-0.25, -0.2) is 21.1 Å². The van der Waals surface area contributed by atoms with Crippen LogP contribution in [0.5, 0.6) is 5.75 Å². The number of unbranched alkanes of at least 4 members (excludes halogenated alkanes) is 1. The van der Waals surface area contributed by atoms with E-state index in [2.05, 4.69) is 11.8 Å². The topological polar surface area (TPSA) is 104 Å². The monoisotopic (exact) mass is 472 g/mol. The van der Waals surface area contributed by atoms with E-state index in [9.17, 15) is 21.9 Å². The number of aliphatic hydroxyl groups is 1. The number of ether oxygens (including phenoxy) is 1. The van der Waals surface area contributed by atoms with Crippen molar-refractivity contribution in [2.24, 2.45) is 5.92 Å². The summed E-state index contributed by atoms with van der Waals surface area (Å²) in [6, 6.07) is 4.04. The summed E-state index contributed by atoms with van der Waals surface area (Å²) < 4.78 is 59.2. The molecule has 3 atom stereocenters. The number of fused-ring (bicyclic) bond motifs is 1. The molecule has 1 aromatic rings. The predicted octanol–water partition coefficient (Wildman–Crippen LogP) is 1.50. The SMILES string of the molecule is CCCC#Cc1ccc2c(c1)O[C@@H](CN(C)S(C)(=O)=O)[C@H](C)CN([C@H](C)CO)S2(=O)=O. The Kier molecular flexibility index (Phi) is 8.53. The van der Waals surface area contributed by atoms with Gasteiger partial charge in [-0.05, 0) is 31.5 Å². The van der Waals surface area contributed by atoms with Gasteiger partial charge in [-0.2, -0.15) is 4.31 Å². The minimum atomic E-state index is -3.94. The highest BCUT2D eigenvalue weighted by atomic mass is 32.2. The van der Waals surface area contributed by atoms with Crippen LogP contribution in [0, 0.1) is 17.8 Å². The van der Waals surface area contributed by atoms with Crippen molar-refractivity contribution in [2.45, 2.75) is 50.7 Å². The predicted molar refractivity (Wildman–Crippen MR) is 120 cm³/mol. The van der Waals surface area contributed by atoms with Crippen LogP contribution in [0.4, 0.5) is 0 Å². The molecular weight excluding hydrogens is 440 g/mol. The molecule has 10 heteroatoms. The largest absolute Gasteiger partial charge is 0.487 e. The fourth-order valence-corrected chi connectivity index (χ4v) is 5.44. The first-order valence-electron chi connectivity index (χ1n) is 10.2. The van der Waals surface area contributed by atoms with Crippen molar-refractivity contribution in [3.05, 3.63) is 23.8 Å². The van der Waals surface area contributed by atoms with Crippen LogP contribution in [0.15, 0.2) is 23.1 Å². The first-order chi connectivity index (χ1) is 14.4. The van der Waals surface area contributed by atoms with Gasteiger partial charge in [0.25, 0.3) is 0 Å². The molecule has 1 aromatic carbocycles. The van der Waals surface area contributed by atoms with Crippen molar-refractivity contribution < 1.29 is 26.7 Å². The molecule has 0 aromatic heterocycles. The number of aliphatic hydroxyl groups excluding tert-OH is 1. The van der Waals surface area contributed by atoms with E-state index in [-0.39, 0.29) is 36.3 Å². The van der Waals surface area contributed by atoms with Crippen LogP contribution < -0.4 is 4.74 Å². The third-order valence-corrected chi connectivity index (χ3v) is 8.58. The Morgan fingerprint density at radius 1 is 1.39 bits per heavy atom. The molecule has 0 unspecified atom stereocenters. The molecule has 0 saturated carbocycles. The lowest BCUT2D eigenvalue weighted by Crippen LogP contribution is -2.50. The molecule has 2 rings (SSSR count). The summed E-state index contributed by atoms with van der Waals surface area (Å²) in [7, 11) is -5.93. The molecule has 0 radical (unpaired) electrons. The summed E-state index contributed by atoms with van der Waals surface area (Å²) in [6.45, 7) is 5.27. The molecule has 0 fully saturated rings.